The molecular weight excluding hydrogens is 256 g/mol. The van der Waals surface area contributed by atoms with Crippen LogP contribution in [0, 0.1) is 0 Å². The van der Waals surface area contributed by atoms with Crippen LogP contribution in [0.25, 0.3) is 0 Å². The quantitative estimate of drug-likeness (QED) is 0.902. The first-order valence-electron chi connectivity index (χ1n) is 7.63. The topological polar surface area (TPSA) is 77.4 Å². The van der Waals surface area contributed by atoms with Crippen molar-refractivity contribution in [3.05, 3.63) is 11.7 Å². The lowest BCUT2D eigenvalue weighted by Crippen LogP contribution is -2.36. The van der Waals surface area contributed by atoms with Gasteiger partial charge in [0.25, 0.3) is 5.89 Å². The van der Waals surface area contributed by atoms with Crippen molar-refractivity contribution in [2.45, 2.75) is 50.7 Å². The van der Waals surface area contributed by atoms with Crippen LogP contribution in [0.15, 0.2) is 4.52 Å². The molecule has 2 unspecified atom stereocenters. The molecule has 3 rings (SSSR count). The van der Waals surface area contributed by atoms with Crippen molar-refractivity contribution in [1.82, 2.24) is 15.0 Å². The maximum atomic E-state index is 6.21. The lowest BCUT2D eigenvalue weighted by atomic mass is 10.0. The highest BCUT2D eigenvalue weighted by atomic mass is 16.5. The van der Waals surface area contributed by atoms with Gasteiger partial charge in [0, 0.05) is 13.2 Å². The normalized spacial score (nSPS) is 29.7. The van der Waals surface area contributed by atoms with Crippen LogP contribution in [0.5, 0.6) is 0 Å². The molecule has 0 saturated carbocycles. The maximum Gasteiger partial charge on any atom is 0.258 e. The number of hydrogen-bond donors (Lipinski definition) is 1. The molecule has 0 spiro atoms. The molecular formula is C14H24N4O2. The Labute approximate surface area is 119 Å². The van der Waals surface area contributed by atoms with Crippen molar-refractivity contribution in [3.63, 3.8) is 0 Å². The summed E-state index contributed by atoms with van der Waals surface area (Å²) in [7, 11) is 0. The Morgan fingerprint density at radius 1 is 1.30 bits per heavy atom. The second kappa shape index (κ2) is 5.79. The van der Waals surface area contributed by atoms with Gasteiger partial charge in [-0.1, -0.05) is 11.6 Å². The van der Waals surface area contributed by atoms with Gasteiger partial charge < -0.3 is 19.9 Å². The minimum atomic E-state index is -0.421. The summed E-state index contributed by atoms with van der Waals surface area (Å²) < 4.78 is 11.1. The van der Waals surface area contributed by atoms with Gasteiger partial charge >= 0.3 is 0 Å². The molecule has 3 heterocycles. The number of hydrogen-bond acceptors (Lipinski definition) is 6. The van der Waals surface area contributed by atoms with Crippen molar-refractivity contribution in [2.75, 3.05) is 26.2 Å². The van der Waals surface area contributed by atoms with Crippen LogP contribution < -0.4 is 5.73 Å². The Kier molecular flexibility index (Phi) is 4.05. The summed E-state index contributed by atoms with van der Waals surface area (Å²) in [5.74, 6) is 1.17. The third kappa shape index (κ3) is 2.87. The minimum Gasteiger partial charge on any atom is -0.365 e. The summed E-state index contributed by atoms with van der Waals surface area (Å²) in [5, 5.41) is 4.05. The summed E-state index contributed by atoms with van der Waals surface area (Å²) in [6.07, 6.45) is 5.81. The highest BCUT2D eigenvalue weighted by Gasteiger charge is 2.38. The Hall–Kier alpha value is -0.980. The Morgan fingerprint density at radius 3 is 2.80 bits per heavy atom. The smallest absolute Gasteiger partial charge is 0.258 e. The average Bonchev–Trinajstić information content (AvgIpc) is 3.09. The molecule has 0 radical (unpaired) electrons. The fourth-order valence-electron chi connectivity index (χ4n) is 3.05. The van der Waals surface area contributed by atoms with E-state index < -0.39 is 5.60 Å². The van der Waals surface area contributed by atoms with Gasteiger partial charge in [0.1, 0.15) is 5.60 Å². The summed E-state index contributed by atoms with van der Waals surface area (Å²) in [5.41, 5.74) is 5.79. The van der Waals surface area contributed by atoms with Crippen LogP contribution >= 0.6 is 0 Å². The van der Waals surface area contributed by atoms with Crippen molar-refractivity contribution < 1.29 is 9.26 Å². The van der Waals surface area contributed by atoms with E-state index in [0.717, 1.165) is 39.1 Å². The molecule has 0 bridgehead atoms. The SMILES string of the molecule is CC1(c2nc(C(N)CN3CCCCC3)no2)CCCO1. The van der Waals surface area contributed by atoms with Crippen LogP contribution in [0.2, 0.25) is 0 Å². The van der Waals surface area contributed by atoms with Gasteiger partial charge in [-0.15, -0.1) is 0 Å². The molecule has 2 saturated heterocycles. The molecule has 0 aliphatic carbocycles. The van der Waals surface area contributed by atoms with Gasteiger partial charge in [-0.05, 0) is 45.7 Å². The molecule has 2 N–H and O–H groups in total. The third-order valence-corrected chi connectivity index (χ3v) is 4.35. The summed E-state index contributed by atoms with van der Waals surface area (Å²) in [6.45, 7) is 5.82. The molecule has 2 fully saturated rings. The molecule has 0 amide bonds. The largest absolute Gasteiger partial charge is 0.365 e. The van der Waals surface area contributed by atoms with Crippen molar-refractivity contribution in [3.8, 4) is 0 Å². The van der Waals surface area contributed by atoms with Gasteiger partial charge in [0.15, 0.2) is 5.82 Å². The lowest BCUT2D eigenvalue weighted by Gasteiger charge is -2.27. The number of nitrogens with two attached hydrogens (primary N) is 1. The summed E-state index contributed by atoms with van der Waals surface area (Å²) in [4.78, 5) is 6.86. The number of aromatic nitrogens is 2. The molecule has 6 nitrogen and oxygen atoms in total. The number of likely N-dealkylation sites (tertiary alicyclic amines) is 1. The van der Waals surface area contributed by atoms with E-state index in [1.165, 1.54) is 19.3 Å². The highest BCUT2D eigenvalue weighted by molar-refractivity contribution is 5.02. The third-order valence-electron chi connectivity index (χ3n) is 4.35. The van der Waals surface area contributed by atoms with Crippen LogP contribution in [-0.2, 0) is 10.3 Å². The van der Waals surface area contributed by atoms with Gasteiger partial charge in [0.2, 0.25) is 0 Å². The second-order valence-corrected chi connectivity index (χ2v) is 6.11. The number of nitrogens with zero attached hydrogens (tertiary/aromatic N) is 3. The molecule has 0 aromatic carbocycles. The van der Waals surface area contributed by atoms with Crippen LogP contribution in [0.4, 0.5) is 0 Å². The molecule has 2 aliphatic rings. The van der Waals surface area contributed by atoms with Crippen molar-refractivity contribution >= 4 is 0 Å². The monoisotopic (exact) mass is 280 g/mol. The molecule has 1 aromatic heterocycles. The second-order valence-electron chi connectivity index (χ2n) is 6.11. The van der Waals surface area contributed by atoms with Crippen molar-refractivity contribution in [1.29, 1.82) is 0 Å². The standard InChI is InChI=1S/C14H24N4O2/c1-14(6-5-9-19-14)13-16-12(17-20-13)11(15)10-18-7-3-2-4-8-18/h11H,2-10,15H2,1H3. The molecule has 20 heavy (non-hydrogen) atoms. The van der Waals surface area contributed by atoms with Gasteiger partial charge in [0.05, 0.1) is 6.04 Å². The van der Waals surface area contributed by atoms with Crippen LogP contribution in [-0.4, -0.2) is 41.3 Å². The Morgan fingerprint density at radius 2 is 2.10 bits per heavy atom. The van der Waals surface area contributed by atoms with E-state index in [-0.39, 0.29) is 6.04 Å². The average molecular weight is 280 g/mol. The zero-order valence-corrected chi connectivity index (χ0v) is 12.2. The van der Waals surface area contributed by atoms with E-state index in [2.05, 4.69) is 15.0 Å². The molecule has 112 valence electrons. The molecule has 2 atom stereocenters. The summed E-state index contributed by atoms with van der Waals surface area (Å²) in [6, 6.07) is -0.185. The maximum absolute atomic E-state index is 6.21. The van der Waals surface area contributed by atoms with Crippen LogP contribution in [0.3, 0.4) is 0 Å². The first kappa shape index (κ1) is 14.0. The number of piperidine rings is 1. The molecule has 6 heteroatoms. The van der Waals surface area contributed by atoms with E-state index in [1.807, 2.05) is 6.92 Å². The Bertz CT molecular complexity index is 436. The summed E-state index contributed by atoms with van der Waals surface area (Å²) >= 11 is 0. The zero-order valence-electron chi connectivity index (χ0n) is 12.2. The minimum absolute atomic E-state index is 0.185. The van der Waals surface area contributed by atoms with Gasteiger partial charge in [-0.25, -0.2) is 0 Å². The number of ether oxygens (including phenoxy) is 1. The molecule has 2 aliphatic heterocycles. The zero-order chi connectivity index (χ0) is 14.0. The highest BCUT2D eigenvalue weighted by Crippen LogP contribution is 2.34. The first-order valence-corrected chi connectivity index (χ1v) is 7.63. The van der Waals surface area contributed by atoms with E-state index in [1.54, 1.807) is 0 Å². The van der Waals surface area contributed by atoms with E-state index in [4.69, 9.17) is 15.0 Å². The Balaban J connectivity index is 1.63. The van der Waals surface area contributed by atoms with E-state index >= 15 is 0 Å². The fourth-order valence-corrected chi connectivity index (χ4v) is 3.05. The first-order chi connectivity index (χ1) is 9.67. The predicted octanol–water partition coefficient (Wildman–Crippen LogP) is 1.58. The lowest BCUT2D eigenvalue weighted by molar-refractivity contribution is -0.00937. The van der Waals surface area contributed by atoms with Crippen LogP contribution in [0.1, 0.15) is 56.8 Å². The van der Waals surface area contributed by atoms with E-state index in [0.29, 0.717) is 11.7 Å². The number of rotatable bonds is 4. The molecule has 1 aromatic rings. The van der Waals surface area contributed by atoms with Gasteiger partial charge in [-0.3, -0.25) is 0 Å². The predicted molar refractivity (Wildman–Crippen MR) is 74.1 cm³/mol. The van der Waals surface area contributed by atoms with Crippen molar-refractivity contribution in [2.24, 2.45) is 5.73 Å². The fraction of sp³-hybridized carbons (Fsp3) is 0.857. The van der Waals surface area contributed by atoms with Gasteiger partial charge in [-0.2, -0.15) is 4.98 Å². The van der Waals surface area contributed by atoms with E-state index in [9.17, 15) is 0 Å².